The van der Waals surface area contributed by atoms with Crippen molar-refractivity contribution in [3.63, 3.8) is 0 Å². The van der Waals surface area contributed by atoms with Gasteiger partial charge < -0.3 is 19.5 Å². The molecule has 90 valence electrons. The number of carboxylic acids is 1. The van der Waals surface area contributed by atoms with Crippen molar-refractivity contribution in [1.29, 1.82) is 0 Å². The van der Waals surface area contributed by atoms with Gasteiger partial charge in [-0.25, -0.2) is 0 Å². The van der Waals surface area contributed by atoms with Gasteiger partial charge in [-0.05, 0) is 0 Å². The summed E-state index contributed by atoms with van der Waals surface area (Å²) in [5.41, 5.74) is 0. The number of hydrogen-bond donors (Lipinski definition) is 1. The van der Waals surface area contributed by atoms with E-state index in [4.69, 9.17) is 14.6 Å². The van der Waals surface area contributed by atoms with Gasteiger partial charge in [-0.3, -0.25) is 9.59 Å². The molecule has 16 heavy (non-hydrogen) atoms. The predicted molar refractivity (Wildman–Crippen MR) is 52.6 cm³/mol. The Hall–Kier alpha value is -1.14. The lowest BCUT2D eigenvalue weighted by Gasteiger charge is -2.41. The molecular formula is C10H15NO5. The van der Waals surface area contributed by atoms with E-state index in [-0.39, 0.29) is 12.5 Å². The van der Waals surface area contributed by atoms with Gasteiger partial charge in [0.15, 0.2) is 5.79 Å². The summed E-state index contributed by atoms with van der Waals surface area (Å²) in [5, 5.41) is 9.17. The molecule has 0 aromatic rings. The van der Waals surface area contributed by atoms with Crippen LogP contribution in [-0.4, -0.2) is 54.0 Å². The Labute approximate surface area is 93.1 Å². The highest BCUT2D eigenvalue weighted by Crippen LogP contribution is 2.36. The molecule has 0 radical (unpaired) electrons. The Bertz CT molecular complexity index is 310. The van der Waals surface area contributed by atoms with E-state index >= 15 is 0 Å². The Morgan fingerprint density at radius 1 is 1.38 bits per heavy atom. The molecule has 0 bridgehead atoms. The lowest BCUT2D eigenvalue weighted by atomic mass is 9.90. The maximum Gasteiger partial charge on any atom is 0.313 e. The molecule has 0 aromatic carbocycles. The van der Waals surface area contributed by atoms with E-state index in [1.165, 1.54) is 11.8 Å². The van der Waals surface area contributed by atoms with Crippen molar-refractivity contribution < 1.29 is 24.2 Å². The first-order chi connectivity index (χ1) is 7.55. The van der Waals surface area contributed by atoms with E-state index in [9.17, 15) is 9.59 Å². The van der Waals surface area contributed by atoms with Crippen LogP contribution >= 0.6 is 0 Å². The number of carboxylic acid groups (broad SMARTS) is 1. The minimum absolute atomic E-state index is 0.112. The van der Waals surface area contributed by atoms with Gasteiger partial charge in [0.05, 0.1) is 13.2 Å². The highest BCUT2D eigenvalue weighted by Gasteiger charge is 2.52. The van der Waals surface area contributed by atoms with Crippen molar-refractivity contribution in [2.75, 3.05) is 26.3 Å². The van der Waals surface area contributed by atoms with Crippen LogP contribution in [0.2, 0.25) is 0 Å². The van der Waals surface area contributed by atoms with Gasteiger partial charge in [0.25, 0.3) is 0 Å². The fourth-order valence-corrected chi connectivity index (χ4v) is 2.28. The minimum Gasteiger partial charge on any atom is -0.481 e. The van der Waals surface area contributed by atoms with Gasteiger partial charge in [0, 0.05) is 26.4 Å². The lowest BCUT2D eigenvalue weighted by molar-refractivity contribution is -0.225. The summed E-state index contributed by atoms with van der Waals surface area (Å²) in [6, 6.07) is 0. The fraction of sp³-hybridized carbons (Fsp3) is 0.800. The van der Waals surface area contributed by atoms with Gasteiger partial charge in [-0.15, -0.1) is 0 Å². The average Bonchev–Trinajstić information content (AvgIpc) is 2.67. The molecule has 2 aliphatic rings. The molecule has 0 aromatic heterocycles. The molecule has 6 heteroatoms. The molecule has 2 saturated heterocycles. The maximum absolute atomic E-state index is 11.2. The van der Waals surface area contributed by atoms with E-state index in [0.717, 1.165) is 0 Å². The van der Waals surface area contributed by atoms with Crippen molar-refractivity contribution in [2.45, 2.75) is 19.1 Å². The molecule has 2 rings (SSSR count). The van der Waals surface area contributed by atoms with Crippen LogP contribution in [0.3, 0.4) is 0 Å². The first-order valence-electron chi connectivity index (χ1n) is 5.31. The summed E-state index contributed by atoms with van der Waals surface area (Å²) in [5.74, 6) is -2.91. The zero-order valence-corrected chi connectivity index (χ0v) is 9.14. The zero-order chi connectivity index (χ0) is 11.8. The second kappa shape index (κ2) is 4.03. The number of aliphatic carboxylic acids is 1. The molecule has 2 aliphatic heterocycles. The first kappa shape index (κ1) is 11.3. The highest BCUT2D eigenvalue weighted by molar-refractivity contribution is 5.76. The van der Waals surface area contributed by atoms with E-state index < -0.39 is 17.7 Å². The van der Waals surface area contributed by atoms with E-state index in [2.05, 4.69) is 0 Å². The summed E-state index contributed by atoms with van der Waals surface area (Å²) < 4.78 is 10.9. The number of hydrogen-bond acceptors (Lipinski definition) is 4. The molecule has 0 aliphatic carbocycles. The molecule has 1 unspecified atom stereocenters. The number of likely N-dealkylation sites (tertiary alicyclic amines) is 1. The van der Waals surface area contributed by atoms with Crippen LogP contribution in [-0.2, 0) is 19.1 Å². The van der Waals surface area contributed by atoms with Crippen LogP contribution in [0.4, 0.5) is 0 Å². The predicted octanol–water partition coefficient (Wildman–Crippen LogP) is -0.317. The third kappa shape index (κ3) is 1.78. The van der Waals surface area contributed by atoms with Crippen molar-refractivity contribution in [1.82, 2.24) is 4.90 Å². The van der Waals surface area contributed by atoms with Gasteiger partial charge in [-0.1, -0.05) is 0 Å². The van der Waals surface area contributed by atoms with E-state index in [0.29, 0.717) is 26.2 Å². The molecule has 2 heterocycles. The van der Waals surface area contributed by atoms with Gasteiger partial charge in [-0.2, -0.15) is 0 Å². The molecule has 1 amide bonds. The van der Waals surface area contributed by atoms with Crippen molar-refractivity contribution in [2.24, 2.45) is 5.92 Å². The molecule has 0 saturated carbocycles. The van der Waals surface area contributed by atoms with Gasteiger partial charge in [0.2, 0.25) is 5.91 Å². The normalized spacial score (nSPS) is 28.3. The number of carbonyl (C=O) groups is 2. The highest BCUT2D eigenvalue weighted by atomic mass is 16.7. The Kier molecular flexibility index (Phi) is 2.86. The number of amides is 1. The summed E-state index contributed by atoms with van der Waals surface area (Å²) in [7, 11) is 0. The number of piperidine rings is 1. The molecule has 2 fully saturated rings. The maximum atomic E-state index is 11.2. The van der Waals surface area contributed by atoms with Crippen LogP contribution < -0.4 is 0 Å². The summed E-state index contributed by atoms with van der Waals surface area (Å²) in [6.07, 6.45) is 0.420. The number of ether oxygens (including phenoxy) is 2. The van der Waals surface area contributed by atoms with Crippen molar-refractivity contribution in [3.05, 3.63) is 0 Å². The molecule has 1 spiro atoms. The molecule has 1 N–H and O–H groups in total. The largest absolute Gasteiger partial charge is 0.481 e. The first-order valence-corrected chi connectivity index (χ1v) is 5.31. The van der Waals surface area contributed by atoms with Crippen LogP contribution in [0.25, 0.3) is 0 Å². The topological polar surface area (TPSA) is 76.1 Å². The Morgan fingerprint density at radius 3 is 2.50 bits per heavy atom. The number of rotatable bonds is 1. The summed E-state index contributed by atoms with van der Waals surface area (Å²) in [6.45, 7) is 2.92. The summed E-state index contributed by atoms with van der Waals surface area (Å²) in [4.78, 5) is 23.9. The molecular weight excluding hydrogens is 214 g/mol. The van der Waals surface area contributed by atoms with Crippen LogP contribution in [0.5, 0.6) is 0 Å². The third-order valence-electron chi connectivity index (χ3n) is 3.18. The standard InChI is InChI=1S/C10H15NO5/c1-7(12)11-3-2-10(15-4-5-16-10)8(6-11)9(13)14/h8H,2-6H2,1H3,(H,13,14). The van der Waals surface area contributed by atoms with Crippen molar-refractivity contribution in [3.8, 4) is 0 Å². The SMILES string of the molecule is CC(=O)N1CCC2(OCCO2)C(C(=O)O)C1. The van der Waals surface area contributed by atoms with Gasteiger partial charge in [0.1, 0.15) is 5.92 Å². The Morgan fingerprint density at radius 2 is 2.00 bits per heavy atom. The third-order valence-corrected chi connectivity index (χ3v) is 3.18. The second-order valence-electron chi connectivity index (χ2n) is 4.11. The fourth-order valence-electron chi connectivity index (χ4n) is 2.28. The quantitative estimate of drug-likeness (QED) is 0.667. The van der Waals surface area contributed by atoms with Crippen LogP contribution in [0.15, 0.2) is 0 Å². The Balaban J connectivity index is 2.17. The van der Waals surface area contributed by atoms with Gasteiger partial charge >= 0.3 is 5.97 Å². The lowest BCUT2D eigenvalue weighted by Crippen LogP contribution is -2.56. The van der Waals surface area contributed by atoms with E-state index in [1.54, 1.807) is 0 Å². The van der Waals surface area contributed by atoms with Crippen LogP contribution in [0, 0.1) is 5.92 Å². The van der Waals surface area contributed by atoms with Crippen molar-refractivity contribution >= 4 is 11.9 Å². The molecule has 1 atom stereocenters. The smallest absolute Gasteiger partial charge is 0.313 e. The minimum atomic E-state index is -1.02. The number of carbonyl (C=O) groups excluding carboxylic acids is 1. The van der Waals surface area contributed by atoms with Crippen LogP contribution in [0.1, 0.15) is 13.3 Å². The zero-order valence-electron chi connectivity index (χ0n) is 9.14. The molecule has 6 nitrogen and oxygen atoms in total. The van der Waals surface area contributed by atoms with E-state index in [1.807, 2.05) is 0 Å². The second-order valence-corrected chi connectivity index (χ2v) is 4.11. The number of nitrogens with zero attached hydrogens (tertiary/aromatic N) is 1. The summed E-state index contributed by atoms with van der Waals surface area (Å²) >= 11 is 0. The monoisotopic (exact) mass is 229 g/mol. The average molecular weight is 229 g/mol.